The minimum absolute atomic E-state index is 0.0744. The quantitative estimate of drug-likeness (QED) is 0.684. The molecule has 17 heavy (non-hydrogen) atoms. The first-order valence-corrected chi connectivity index (χ1v) is 5.20. The standard InChI is InChI=1S/C11H14N2O4/c1-2-7(14)6-13-10(15)9-8(11(16)17)4-3-5-12-9/h3-5,7,14H,2,6H2,1H3,(H,13,15)(H,16,17). The predicted octanol–water partition coefficient (Wildman–Crippen LogP) is 0.280. The van der Waals surface area contributed by atoms with Crippen LogP contribution in [-0.2, 0) is 0 Å². The third-order valence-electron chi connectivity index (χ3n) is 2.22. The molecule has 3 N–H and O–H groups in total. The van der Waals surface area contributed by atoms with Gasteiger partial charge in [-0.15, -0.1) is 0 Å². The van der Waals surface area contributed by atoms with Gasteiger partial charge in [0, 0.05) is 12.7 Å². The van der Waals surface area contributed by atoms with E-state index in [1.165, 1.54) is 18.3 Å². The van der Waals surface area contributed by atoms with Crippen molar-refractivity contribution in [2.45, 2.75) is 19.4 Å². The third-order valence-corrected chi connectivity index (χ3v) is 2.22. The normalized spacial score (nSPS) is 11.9. The van der Waals surface area contributed by atoms with Gasteiger partial charge in [-0.1, -0.05) is 6.92 Å². The summed E-state index contributed by atoms with van der Waals surface area (Å²) in [6.07, 6.45) is 1.21. The number of aliphatic hydroxyl groups is 1. The second kappa shape index (κ2) is 5.95. The lowest BCUT2D eigenvalue weighted by Crippen LogP contribution is -2.33. The molecule has 1 aromatic heterocycles. The number of pyridine rings is 1. The highest BCUT2D eigenvalue weighted by Gasteiger charge is 2.17. The van der Waals surface area contributed by atoms with Crippen LogP contribution in [-0.4, -0.2) is 39.7 Å². The molecule has 0 saturated carbocycles. The smallest absolute Gasteiger partial charge is 0.338 e. The van der Waals surface area contributed by atoms with Crippen molar-refractivity contribution >= 4 is 11.9 Å². The van der Waals surface area contributed by atoms with Crippen molar-refractivity contribution < 1.29 is 19.8 Å². The van der Waals surface area contributed by atoms with Crippen molar-refractivity contribution in [2.75, 3.05) is 6.54 Å². The number of nitrogens with one attached hydrogen (secondary N) is 1. The minimum atomic E-state index is -1.21. The van der Waals surface area contributed by atoms with Crippen molar-refractivity contribution in [1.29, 1.82) is 0 Å². The van der Waals surface area contributed by atoms with Crippen LogP contribution in [0, 0.1) is 0 Å². The number of aliphatic hydroxyl groups excluding tert-OH is 1. The van der Waals surface area contributed by atoms with Crippen molar-refractivity contribution in [3.05, 3.63) is 29.6 Å². The number of aromatic carboxylic acids is 1. The number of carboxylic acids is 1. The van der Waals surface area contributed by atoms with Crippen molar-refractivity contribution in [1.82, 2.24) is 10.3 Å². The number of carboxylic acid groups (broad SMARTS) is 1. The van der Waals surface area contributed by atoms with Gasteiger partial charge in [-0.25, -0.2) is 4.79 Å². The number of rotatable bonds is 5. The first kappa shape index (κ1) is 13.1. The Labute approximate surface area is 98.3 Å². The first-order chi connectivity index (χ1) is 8.06. The summed E-state index contributed by atoms with van der Waals surface area (Å²) in [5, 5.41) is 20.6. The Morgan fingerprint density at radius 1 is 1.53 bits per heavy atom. The molecule has 0 aromatic carbocycles. The van der Waals surface area contributed by atoms with Crippen LogP contribution in [0.3, 0.4) is 0 Å². The number of carbonyl (C=O) groups excluding carboxylic acids is 1. The molecule has 0 aliphatic rings. The van der Waals surface area contributed by atoms with E-state index in [4.69, 9.17) is 5.11 Å². The molecular weight excluding hydrogens is 224 g/mol. The molecule has 0 radical (unpaired) electrons. The van der Waals surface area contributed by atoms with E-state index in [2.05, 4.69) is 10.3 Å². The Balaban J connectivity index is 2.78. The van der Waals surface area contributed by atoms with Gasteiger partial charge < -0.3 is 15.5 Å². The average molecular weight is 238 g/mol. The largest absolute Gasteiger partial charge is 0.478 e. The van der Waals surface area contributed by atoms with E-state index in [1.54, 1.807) is 6.92 Å². The highest BCUT2D eigenvalue weighted by atomic mass is 16.4. The topological polar surface area (TPSA) is 99.5 Å². The lowest BCUT2D eigenvalue weighted by molar-refractivity contribution is 0.0689. The third kappa shape index (κ3) is 3.53. The van der Waals surface area contributed by atoms with Crippen LogP contribution >= 0.6 is 0 Å². The van der Waals surface area contributed by atoms with E-state index in [0.717, 1.165) is 0 Å². The maximum Gasteiger partial charge on any atom is 0.338 e. The molecule has 0 aliphatic heterocycles. The van der Waals surface area contributed by atoms with Crippen LogP contribution in [0.15, 0.2) is 18.3 Å². The Kier molecular flexibility index (Phi) is 4.59. The molecule has 6 nitrogen and oxygen atoms in total. The van der Waals surface area contributed by atoms with Crippen molar-refractivity contribution in [3.8, 4) is 0 Å². The fourth-order valence-corrected chi connectivity index (χ4v) is 1.20. The zero-order chi connectivity index (χ0) is 12.8. The highest BCUT2D eigenvalue weighted by Crippen LogP contribution is 2.05. The molecule has 1 aromatic rings. The van der Waals surface area contributed by atoms with Gasteiger partial charge in [0.05, 0.1) is 11.7 Å². The van der Waals surface area contributed by atoms with Crippen LogP contribution in [0.2, 0.25) is 0 Å². The molecule has 0 fully saturated rings. The number of nitrogens with zero attached hydrogens (tertiary/aromatic N) is 1. The van der Waals surface area contributed by atoms with Gasteiger partial charge in [-0.05, 0) is 18.6 Å². The maximum atomic E-state index is 11.6. The van der Waals surface area contributed by atoms with E-state index in [0.29, 0.717) is 6.42 Å². The van der Waals surface area contributed by atoms with Gasteiger partial charge in [0.1, 0.15) is 5.69 Å². The van der Waals surface area contributed by atoms with E-state index in [-0.39, 0.29) is 17.8 Å². The summed E-state index contributed by atoms with van der Waals surface area (Å²) in [4.78, 5) is 26.2. The Hall–Kier alpha value is -1.95. The van der Waals surface area contributed by atoms with Crippen LogP contribution in [0.5, 0.6) is 0 Å². The second-order valence-corrected chi connectivity index (χ2v) is 3.48. The molecule has 6 heteroatoms. The van der Waals surface area contributed by atoms with Crippen LogP contribution in [0.4, 0.5) is 0 Å². The van der Waals surface area contributed by atoms with E-state index < -0.39 is 18.0 Å². The Morgan fingerprint density at radius 2 is 2.24 bits per heavy atom. The number of hydrogen-bond acceptors (Lipinski definition) is 4. The molecule has 1 heterocycles. The summed E-state index contributed by atoms with van der Waals surface area (Å²) in [6.45, 7) is 1.85. The van der Waals surface area contributed by atoms with E-state index in [9.17, 15) is 14.7 Å². The van der Waals surface area contributed by atoms with Crippen molar-refractivity contribution in [3.63, 3.8) is 0 Å². The molecule has 1 amide bonds. The molecule has 0 bridgehead atoms. The van der Waals surface area contributed by atoms with Crippen LogP contribution < -0.4 is 5.32 Å². The number of amides is 1. The average Bonchev–Trinajstić information content (AvgIpc) is 2.35. The van der Waals surface area contributed by atoms with Gasteiger partial charge in [-0.2, -0.15) is 0 Å². The lowest BCUT2D eigenvalue weighted by Gasteiger charge is -2.09. The monoisotopic (exact) mass is 238 g/mol. The first-order valence-electron chi connectivity index (χ1n) is 5.20. The lowest BCUT2D eigenvalue weighted by atomic mass is 10.2. The predicted molar refractivity (Wildman–Crippen MR) is 59.8 cm³/mol. The maximum absolute atomic E-state index is 11.6. The fraction of sp³-hybridized carbons (Fsp3) is 0.364. The molecule has 92 valence electrons. The van der Waals surface area contributed by atoms with E-state index >= 15 is 0 Å². The van der Waals surface area contributed by atoms with Crippen LogP contribution in [0.1, 0.15) is 34.2 Å². The summed E-state index contributed by atoms with van der Waals surface area (Å²) >= 11 is 0. The van der Waals surface area contributed by atoms with Crippen molar-refractivity contribution in [2.24, 2.45) is 0 Å². The minimum Gasteiger partial charge on any atom is -0.478 e. The summed E-state index contributed by atoms with van der Waals surface area (Å²) in [5.41, 5.74) is -0.306. The zero-order valence-electron chi connectivity index (χ0n) is 9.38. The SMILES string of the molecule is CCC(O)CNC(=O)c1ncccc1C(=O)O. The molecule has 0 aliphatic carbocycles. The number of aromatic nitrogens is 1. The van der Waals surface area contributed by atoms with Crippen LogP contribution in [0.25, 0.3) is 0 Å². The second-order valence-electron chi connectivity index (χ2n) is 3.48. The highest BCUT2D eigenvalue weighted by molar-refractivity contribution is 6.03. The van der Waals surface area contributed by atoms with Gasteiger partial charge in [-0.3, -0.25) is 9.78 Å². The van der Waals surface area contributed by atoms with Gasteiger partial charge in [0.25, 0.3) is 5.91 Å². The Morgan fingerprint density at radius 3 is 2.82 bits per heavy atom. The molecule has 1 unspecified atom stereocenters. The molecular formula is C11H14N2O4. The summed E-state index contributed by atoms with van der Waals surface area (Å²) in [7, 11) is 0. The van der Waals surface area contributed by atoms with Gasteiger partial charge in [0.15, 0.2) is 0 Å². The van der Waals surface area contributed by atoms with Gasteiger partial charge >= 0.3 is 5.97 Å². The summed E-state index contributed by atoms with van der Waals surface area (Å²) < 4.78 is 0. The number of carbonyl (C=O) groups is 2. The zero-order valence-corrected chi connectivity index (χ0v) is 9.38. The summed E-state index contributed by atoms with van der Waals surface area (Å²) in [6, 6.07) is 2.75. The molecule has 0 spiro atoms. The number of hydrogen-bond donors (Lipinski definition) is 3. The fourth-order valence-electron chi connectivity index (χ4n) is 1.20. The Bertz CT molecular complexity index is 420. The molecule has 1 rings (SSSR count). The van der Waals surface area contributed by atoms with E-state index in [1.807, 2.05) is 0 Å². The molecule has 1 atom stereocenters. The molecule has 0 saturated heterocycles. The summed E-state index contributed by atoms with van der Waals surface area (Å²) in [5.74, 6) is -1.81. The van der Waals surface area contributed by atoms with Gasteiger partial charge in [0.2, 0.25) is 0 Å².